The van der Waals surface area contributed by atoms with Crippen molar-refractivity contribution in [3.63, 3.8) is 0 Å². The van der Waals surface area contributed by atoms with Crippen LogP contribution in [0, 0.1) is 0 Å². The molecule has 0 aliphatic carbocycles. The van der Waals surface area contributed by atoms with Crippen LogP contribution in [0.2, 0.25) is 0 Å². The molecule has 74 valence electrons. The lowest BCUT2D eigenvalue weighted by Crippen LogP contribution is -1.92. The van der Waals surface area contributed by atoms with Gasteiger partial charge in [-0.25, -0.2) is 0 Å². The van der Waals surface area contributed by atoms with Gasteiger partial charge >= 0.3 is 0 Å². The van der Waals surface area contributed by atoms with Crippen LogP contribution < -0.4 is 0 Å². The van der Waals surface area contributed by atoms with Crippen LogP contribution in [0.4, 0.5) is 0 Å². The molecule has 2 rings (SSSR count). The fraction of sp³-hybridized carbons (Fsp3) is 0.273. The summed E-state index contributed by atoms with van der Waals surface area (Å²) >= 11 is 5.19. The van der Waals surface area contributed by atoms with Crippen molar-refractivity contribution in [2.75, 3.05) is 0 Å². The van der Waals surface area contributed by atoms with E-state index < -0.39 is 0 Å². The number of aliphatic hydroxyl groups excluding tert-OH is 1. The van der Waals surface area contributed by atoms with E-state index in [0.29, 0.717) is 0 Å². The molecule has 0 radical (unpaired) electrons. The Morgan fingerprint density at radius 3 is 3.00 bits per heavy atom. The molecule has 0 saturated carbocycles. The molecule has 1 heterocycles. The fourth-order valence-electron chi connectivity index (χ4n) is 1.52. The summed E-state index contributed by atoms with van der Waals surface area (Å²) < 4.78 is 2.32. The lowest BCUT2D eigenvalue weighted by molar-refractivity contribution is 0.175. The van der Waals surface area contributed by atoms with E-state index in [2.05, 4.69) is 22.0 Å². The Labute approximate surface area is 95.5 Å². The summed E-state index contributed by atoms with van der Waals surface area (Å²) in [7, 11) is 0. The second-order valence-corrected chi connectivity index (χ2v) is 4.97. The molecule has 1 aromatic heterocycles. The lowest BCUT2D eigenvalue weighted by atomic mass is 10.1. The highest BCUT2D eigenvalue weighted by atomic mass is 79.9. The third-order valence-electron chi connectivity index (χ3n) is 2.33. The van der Waals surface area contributed by atoms with Gasteiger partial charge in [-0.05, 0) is 44.7 Å². The molecule has 14 heavy (non-hydrogen) atoms. The Balaban J connectivity index is 2.63. The molecule has 0 bridgehead atoms. The average molecular weight is 271 g/mol. The van der Waals surface area contributed by atoms with Gasteiger partial charge in [-0.1, -0.05) is 19.1 Å². The first kappa shape index (κ1) is 10.1. The molecule has 2 aromatic rings. The molecule has 0 aliphatic rings. The molecular formula is C11H11BrOS. The zero-order valence-electron chi connectivity index (χ0n) is 7.83. The predicted octanol–water partition coefficient (Wildman–Crippen LogP) is 4.11. The van der Waals surface area contributed by atoms with E-state index in [1.165, 1.54) is 10.1 Å². The van der Waals surface area contributed by atoms with Gasteiger partial charge in [0.1, 0.15) is 0 Å². The summed E-state index contributed by atoms with van der Waals surface area (Å²) in [5.41, 5.74) is 1.05. The summed E-state index contributed by atoms with van der Waals surface area (Å²) in [6.45, 7) is 1.99. The van der Waals surface area contributed by atoms with Crippen LogP contribution in [0.25, 0.3) is 10.1 Å². The van der Waals surface area contributed by atoms with Gasteiger partial charge in [0, 0.05) is 9.17 Å². The highest BCUT2D eigenvalue weighted by Crippen LogP contribution is 2.35. The third-order valence-corrected chi connectivity index (χ3v) is 4.30. The zero-order valence-corrected chi connectivity index (χ0v) is 10.2. The molecule has 1 aromatic carbocycles. The quantitative estimate of drug-likeness (QED) is 0.871. The third kappa shape index (κ3) is 1.60. The monoisotopic (exact) mass is 270 g/mol. The number of fused-ring (bicyclic) bond motifs is 1. The van der Waals surface area contributed by atoms with Crippen molar-refractivity contribution >= 4 is 37.4 Å². The van der Waals surface area contributed by atoms with Crippen molar-refractivity contribution in [2.24, 2.45) is 0 Å². The van der Waals surface area contributed by atoms with Gasteiger partial charge in [0.2, 0.25) is 0 Å². The Morgan fingerprint density at radius 1 is 1.50 bits per heavy atom. The molecule has 0 aliphatic heterocycles. The van der Waals surface area contributed by atoms with E-state index in [1.54, 1.807) is 11.3 Å². The summed E-state index contributed by atoms with van der Waals surface area (Å²) in [6, 6.07) is 6.09. The maximum absolute atomic E-state index is 9.80. The van der Waals surface area contributed by atoms with Gasteiger partial charge in [-0.15, -0.1) is 11.3 Å². The van der Waals surface area contributed by atoms with Crippen LogP contribution in [0.3, 0.4) is 0 Å². The molecule has 3 heteroatoms. The van der Waals surface area contributed by atoms with Crippen LogP contribution in [0.15, 0.2) is 28.1 Å². The predicted molar refractivity (Wildman–Crippen MR) is 64.8 cm³/mol. The fourth-order valence-corrected chi connectivity index (χ4v) is 3.19. The minimum Gasteiger partial charge on any atom is -0.388 e. The second kappa shape index (κ2) is 4.01. The van der Waals surface area contributed by atoms with Crippen LogP contribution in [-0.2, 0) is 0 Å². The Morgan fingerprint density at radius 2 is 2.29 bits per heavy atom. The number of hydrogen-bond donors (Lipinski definition) is 1. The van der Waals surface area contributed by atoms with E-state index in [-0.39, 0.29) is 6.10 Å². The minimum absolute atomic E-state index is 0.335. The molecule has 0 saturated heterocycles. The van der Waals surface area contributed by atoms with Gasteiger partial charge in [0.25, 0.3) is 0 Å². The SMILES string of the molecule is CCC(O)c1csc2c(Br)cccc12. The van der Waals surface area contributed by atoms with Crippen molar-refractivity contribution in [1.29, 1.82) is 0 Å². The number of halogens is 1. The number of benzene rings is 1. The van der Waals surface area contributed by atoms with E-state index in [9.17, 15) is 5.11 Å². The van der Waals surface area contributed by atoms with Crippen LogP contribution in [0.5, 0.6) is 0 Å². The molecule has 1 unspecified atom stereocenters. The Kier molecular flexibility index (Phi) is 2.91. The maximum Gasteiger partial charge on any atom is 0.0801 e. The van der Waals surface area contributed by atoms with E-state index in [4.69, 9.17) is 0 Å². The zero-order chi connectivity index (χ0) is 10.1. The molecule has 0 fully saturated rings. The van der Waals surface area contributed by atoms with Gasteiger partial charge < -0.3 is 5.11 Å². The Hall–Kier alpha value is -0.380. The normalized spacial score (nSPS) is 13.4. The van der Waals surface area contributed by atoms with Gasteiger partial charge in [0.15, 0.2) is 0 Å². The lowest BCUT2D eigenvalue weighted by Gasteiger charge is -2.05. The standard InChI is InChI=1S/C11H11BrOS/c1-2-10(13)8-6-14-11-7(8)4-3-5-9(11)12/h3-6,10,13H,2H2,1H3. The smallest absolute Gasteiger partial charge is 0.0801 e. The molecule has 1 nitrogen and oxygen atoms in total. The van der Waals surface area contributed by atoms with Crippen molar-refractivity contribution in [3.05, 3.63) is 33.6 Å². The van der Waals surface area contributed by atoms with Crippen LogP contribution in [-0.4, -0.2) is 5.11 Å². The van der Waals surface area contributed by atoms with Crippen LogP contribution >= 0.6 is 27.3 Å². The van der Waals surface area contributed by atoms with Crippen molar-refractivity contribution < 1.29 is 5.11 Å². The van der Waals surface area contributed by atoms with Gasteiger partial charge in [-0.2, -0.15) is 0 Å². The topological polar surface area (TPSA) is 20.2 Å². The molecular weight excluding hydrogens is 260 g/mol. The van der Waals surface area contributed by atoms with E-state index >= 15 is 0 Å². The first-order valence-corrected chi connectivity index (χ1v) is 6.25. The van der Waals surface area contributed by atoms with Crippen molar-refractivity contribution in [2.45, 2.75) is 19.4 Å². The van der Waals surface area contributed by atoms with Crippen molar-refractivity contribution in [3.8, 4) is 0 Å². The summed E-state index contributed by atoms with van der Waals surface area (Å²) in [5.74, 6) is 0. The molecule has 1 atom stereocenters. The van der Waals surface area contributed by atoms with E-state index in [1.807, 2.05) is 24.4 Å². The maximum atomic E-state index is 9.80. The number of hydrogen-bond acceptors (Lipinski definition) is 2. The second-order valence-electron chi connectivity index (χ2n) is 3.23. The summed E-state index contributed by atoms with van der Waals surface area (Å²) in [5, 5.41) is 13.0. The summed E-state index contributed by atoms with van der Waals surface area (Å²) in [4.78, 5) is 0. The summed E-state index contributed by atoms with van der Waals surface area (Å²) in [6.07, 6.45) is 0.427. The van der Waals surface area contributed by atoms with Crippen molar-refractivity contribution in [1.82, 2.24) is 0 Å². The van der Waals surface area contributed by atoms with Gasteiger partial charge in [0.05, 0.1) is 6.10 Å². The highest BCUT2D eigenvalue weighted by molar-refractivity contribution is 9.10. The number of thiophene rings is 1. The Bertz CT molecular complexity index is 449. The first-order valence-electron chi connectivity index (χ1n) is 4.57. The number of aliphatic hydroxyl groups is 1. The van der Waals surface area contributed by atoms with E-state index in [0.717, 1.165) is 16.5 Å². The number of rotatable bonds is 2. The average Bonchev–Trinajstić information content (AvgIpc) is 2.62. The first-order chi connectivity index (χ1) is 6.74. The molecule has 0 spiro atoms. The minimum atomic E-state index is -0.335. The largest absolute Gasteiger partial charge is 0.388 e. The van der Waals surface area contributed by atoms with Crippen LogP contribution in [0.1, 0.15) is 25.0 Å². The highest BCUT2D eigenvalue weighted by Gasteiger charge is 2.12. The molecule has 0 amide bonds. The molecule has 1 N–H and O–H groups in total. The van der Waals surface area contributed by atoms with Gasteiger partial charge in [-0.3, -0.25) is 0 Å².